The van der Waals surface area contributed by atoms with Gasteiger partial charge < -0.3 is 0 Å². The molecule has 122 valence electrons. The molecule has 0 rings (SSSR count). The summed E-state index contributed by atoms with van der Waals surface area (Å²) in [5.41, 5.74) is 0. The molecule has 0 bridgehead atoms. The fourth-order valence-corrected chi connectivity index (χ4v) is 21.4. The third-order valence-electron chi connectivity index (χ3n) is 3.81. The van der Waals surface area contributed by atoms with Crippen LogP contribution in [0.2, 0.25) is 92.5 Å². The van der Waals surface area contributed by atoms with Crippen molar-refractivity contribution in [2.24, 2.45) is 0 Å². The van der Waals surface area contributed by atoms with Crippen molar-refractivity contribution in [1.29, 1.82) is 0 Å². The van der Waals surface area contributed by atoms with Crippen LogP contribution >= 0.6 is 0 Å². The summed E-state index contributed by atoms with van der Waals surface area (Å²) in [5.74, 6) is 0. The zero-order valence-electron chi connectivity index (χ0n) is 15.6. The van der Waals surface area contributed by atoms with Crippen molar-refractivity contribution in [2.45, 2.75) is 92.5 Å². The maximum absolute atomic E-state index is 13.5. The summed E-state index contributed by atoms with van der Waals surface area (Å²) in [6.45, 7) is 21.8. The minimum atomic E-state index is -2.60. The molecule has 0 saturated carbocycles. The van der Waals surface area contributed by atoms with E-state index in [2.05, 4.69) is 58.9 Å². The van der Waals surface area contributed by atoms with Crippen LogP contribution in [0.1, 0.15) is 0 Å². The summed E-state index contributed by atoms with van der Waals surface area (Å²) in [5, 5.41) is 3.30. The van der Waals surface area contributed by atoms with Gasteiger partial charge in [-0.1, -0.05) is 0 Å². The quantitative estimate of drug-likeness (QED) is 0.410. The number of hydrogen-bond acceptors (Lipinski definition) is 1. The third kappa shape index (κ3) is 12.8. The Bertz CT molecular complexity index is 282. The van der Waals surface area contributed by atoms with E-state index in [4.69, 9.17) is 0 Å². The Hall–Kier alpha value is 1.04. The number of rotatable bonds is 9. The van der Waals surface area contributed by atoms with E-state index < -0.39 is 38.2 Å². The van der Waals surface area contributed by atoms with E-state index in [0.29, 0.717) is 0 Å². The van der Waals surface area contributed by atoms with Gasteiger partial charge in [-0.15, -0.1) is 0 Å². The van der Waals surface area contributed by atoms with Crippen molar-refractivity contribution in [3.63, 3.8) is 0 Å². The molecular formula is C15H39OSi3V. The van der Waals surface area contributed by atoms with E-state index in [1.807, 2.05) is 0 Å². The molecule has 0 atom stereocenters. The van der Waals surface area contributed by atoms with Crippen LogP contribution in [-0.2, 0) is 17.7 Å². The topological polar surface area (TPSA) is 17.1 Å². The van der Waals surface area contributed by atoms with Crippen LogP contribution in [0.5, 0.6) is 0 Å². The first-order valence-electron chi connectivity index (χ1n) is 8.19. The van der Waals surface area contributed by atoms with Gasteiger partial charge in [-0.05, 0) is 0 Å². The SMILES string of the molecule is C[Si](C)(C)C[CH2][V](=[O])([CH2]C[Si](C)(C)C)[CH2]C[Si](C)(C)C. The zero-order chi connectivity index (χ0) is 16.2. The third-order valence-corrected chi connectivity index (χ3v) is 15.9. The average molecular weight is 371 g/mol. The Labute approximate surface area is 134 Å². The van der Waals surface area contributed by atoms with Crippen LogP contribution in [0.15, 0.2) is 0 Å². The maximum atomic E-state index is 13.5. The van der Waals surface area contributed by atoms with Gasteiger partial charge in [0.25, 0.3) is 0 Å². The molecule has 20 heavy (non-hydrogen) atoms. The normalized spacial score (nSPS) is 14.7. The summed E-state index contributed by atoms with van der Waals surface area (Å²) in [7, 11) is -3.15. The molecule has 0 aliphatic rings. The molecule has 1 nitrogen and oxygen atoms in total. The van der Waals surface area contributed by atoms with E-state index in [9.17, 15) is 3.67 Å². The van der Waals surface area contributed by atoms with Crippen LogP contribution in [0.3, 0.4) is 0 Å². The molecule has 0 unspecified atom stereocenters. The van der Waals surface area contributed by atoms with Crippen molar-refractivity contribution < 1.29 is 17.7 Å². The predicted molar refractivity (Wildman–Crippen MR) is 99.6 cm³/mol. The first-order chi connectivity index (χ1) is 8.62. The van der Waals surface area contributed by atoms with Crippen LogP contribution in [-0.4, -0.2) is 24.2 Å². The second kappa shape index (κ2) is 7.54. The Balaban J connectivity index is 4.71. The summed E-state index contributed by atoms with van der Waals surface area (Å²) in [4.78, 5) is 0. The second-order valence-electron chi connectivity index (χ2n) is 10.2. The summed E-state index contributed by atoms with van der Waals surface area (Å²) in [6, 6.07) is 3.84. The molecule has 0 aromatic heterocycles. The first kappa shape index (κ1) is 21.0. The fraction of sp³-hybridized carbons (Fsp3) is 1.00. The van der Waals surface area contributed by atoms with Gasteiger partial charge >= 0.3 is 134 Å². The molecule has 0 aromatic rings. The van der Waals surface area contributed by atoms with Gasteiger partial charge in [0.2, 0.25) is 0 Å². The van der Waals surface area contributed by atoms with Crippen molar-refractivity contribution in [3.05, 3.63) is 0 Å². The molecule has 0 fully saturated rings. The van der Waals surface area contributed by atoms with Crippen LogP contribution in [0.4, 0.5) is 0 Å². The molecule has 0 heterocycles. The first-order valence-corrected chi connectivity index (χ1v) is 22.8. The molecule has 5 heteroatoms. The molecule has 0 saturated heterocycles. The Morgan fingerprint density at radius 2 is 0.750 bits per heavy atom. The van der Waals surface area contributed by atoms with E-state index in [0.717, 1.165) is 15.4 Å². The van der Waals surface area contributed by atoms with Crippen molar-refractivity contribution in [1.82, 2.24) is 0 Å². The monoisotopic (exact) mass is 370 g/mol. The van der Waals surface area contributed by atoms with Crippen LogP contribution in [0.25, 0.3) is 0 Å². The molecular weight excluding hydrogens is 331 g/mol. The van der Waals surface area contributed by atoms with Gasteiger partial charge in [0.15, 0.2) is 0 Å². The standard InChI is InChI=1S/3C5H13Si.O.V/c3*1-5-6(2,3)4;;/h3*1,5H2,2-4H3;;. The van der Waals surface area contributed by atoms with Crippen LogP contribution in [0, 0.1) is 0 Å². The van der Waals surface area contributed by atoms with Crippen molar-refractivity contribution >= 4 is 24.2 Å². The van der Waals surface area contributed by atoms with Gasteiger partial charge in [0.1, 0.15) is 0 Å². The van der Waals surface area contributed by atoms with Crippen molar-refractivity contribution in [2.75, 3.05) is 0 Å². The Kier molecular flexibility index (Phi) is 7.93. The molecule has 0 radical (unpaired) electrons. The molecule has 0 amide bonds. The molecule has 0 aromatic carbocycles. The van der Waals surface area contributed by atoms with E-state index >= 15 is 0 Å². The van der Waals surface area contributed by atoms with E-state index in [1.54, 1.807) is 0 Å². The van der Waals surface area contributed by atoms with Gasteiger partial charge in [0.05, 0.1) is 0 Å². The van der Waals surface area contributed by atoms with E-state index in [1.165, 1.54) is 18.1 Å². The molecule has 0 aliphatic heterocycles. The molecule has 0 spiro atoms. The minimum absolute atomic E-state index is 1.05. The predicted octanol–water partition coefficient (Wildman–Crippen LogP) is 6.76. The van der Waals surface area contributed by atoms with Crippen molar-refractivity contribution in [3.8, 4) is 0 Å². The van der Waals surface area contributed by atoms with Gasteiger partial charge in [-0.2, -0.15) is 0 Å². The molecule has 0 aliphatic carbocycles. The molecule has 0 N–H and O–H groups in total. The summed E-state index contributed by atoms with van der Waals surface area (Å²) < 4.78 is 13.5. The Morgan fingerprint density at radius 1 is 0.550 bits per heavy atom. The second-order valence-corrected chi connectivity index (χ2v) is 32.4. The fourth-order valence-electron chi connectivity index (χ4n) is 1.95. The summed E-state index contributed by atoms with van der Waals surface area (Å²) >= 11 is -2.60. The Morgan fingerprint density at radius 3 is 0.900 bits per heavy atom. The van der Waals surface area contributed by atoms with Crippen LogP contribution < -0.4 is 0 Å². The van der Waals surface area contributed by atoms with E-state index in [-0.39, 0.29) is 0 Å². The van der Waals surface area contributed by atoms with Gasteiger partial charge in [-0.25, -0.2) is 0 Å². The average Bonchev–Trinajstić information content (AvgIpc) is 2.18. The zero-order valence-corrected chi connectivity index (χ0v) is 20.0. The summed E-state index contributed by atoms with van der Waals surface area (Å²) in [6.07, 6.45) is 0. The van der Waals surface area contributed by atoms with Gasteiger partial charge in [0, 0.05) is 0 Å². The number of hydrogen-bond donors (Lipinski definition) is 0. The van der Waals surface area contributed by atoms with Gasteiger partial charge in [-0.3, -0.25) is 0 Å².